The summed E-state index contributed by atoms with van der Waals surface area (Å²) in [6.45, 7) is 19.2. The van der Waals surface area contributed by atoms with Crippen LogP contribution in [-0.2, 0) is 39.0 Å². The quantitative estimate of drug-likeness (QED) is 0.254. The van der Waals surface area contributed by atoms with Crippen molar-refractivity contribution < 1.29 is 21.7 Å². The van der Waals surface area contributed by atoms with Crippen molar-refractivity contribution in [2.75, 3.05) is 0 Å². The minimum Gasteiger partial charge on any atom is -0.673 e. The second-order valence-corrected chi connectivity index (χ2v) is 10.6. The van der Waals surface area contributed by atoms with Gasteiger partial charge in [0.25, 0.3) is 0 Å². The van der Waals surface area contributed by atoms with Crippen LogP contribution in [0.5, 0.6) is 0 Å². The molecule has 2 heteroatoms. The van der Waals surface area contributed by atoms with Gasteiger partial charge in [-0.2, -0.15) is 23.8 Å². The van der Waals surface area contributed by atoms with E-state index in [1.165, 1.54) is 33.4 Å². The van der Waals surface area contributed by atoms with E-state index >= 15 is 0 Å². The molecule has 1 aliphatic carbocycles. The van der Waals surface area contributed by atoms with Gasteiger partial charge in [0.1, 0.15) is 0 Å². The fourth-order valence-electron chi connectivity index (χ4n) is 3.03. The summed E-state index contributed by atoms with van der Waals surface area (Å²) < 4.78 is 0. The first-order valence-electron chi connectivity index (χ1n) is 9.61. The van der Waals surface area contributed by atoms with Crippen molar-refractivity contribution in [2.24, 2.45) is 0 Å². The van der Waals surface area contributed by atoms with E-state index in [4.69, 9.17) is 5.73 Å². The van der Waals surface area contributed by atoms with E-state index in [1.807, 2.05) is 20.8 Å². The van der Waals surface area contributed by atoms with Crippen LogP contribution in [0.25, 0.3) is 16.9 Å². The summed E-state index contributed by atoms with van der Waals surface area (Å²) in [7, 11) is 0. The molecule has 0 saturated heterocycles. The Morgan fingerprint density at radius 3 is 1.69 bits per heavy atom. The topological polar surface area (TPSA) is 23.8 Å². The molecule has 0 bridgehead atoms. The molecule has 0 unspecified atom stereocenters. The first kappa shape index (κ1) is 30.3. The first-order chi connectivity index (χ1) is 11.7. The van der Waals surface area contributed by atoms with Crippen molar-refractivity contribution in [3.63, 3.8) is 0 Å². The molecule has 0 heterocycles. The molecule has 0 fully saturated rings. The number of hydrogen-bond donors (Lipinski definition) is 0. The van der Waals surface area contributed by atoms with Crippen molar-refractivity contribution in [3.8, 4) is 11.1 Å². The van der Waals surface area contributed by atoms with Crippen LogP contribution in [0.4, 0.5) is 0 Å². The third-order valence-corrected chi connectivity index (χ3v) is 4.46. The van der Waals surface area contributed by atoms with E-state index in [-0.39, 0.29) is 52.9 Å². The van der Waals surface area contributed by atoms with Gasteiger partial charge in [-0.25, -0.2) is 0 Å². The maximum absolute atomic E-state index is 6.94. The van der Waals surface area contributed by atoms with Crippen molar-refractivity contribution >= 4 is 0 Å². The number of nitrogens with one attached hydrogen (secondary N) is 1. The Hall–Kier alpha value is -0.886. The van der Waals surface area contributed by atoms with Gasteiger partial charge in [0.05, 0.1) is 0 Å². The summed E-state index contributed by atoms with van der Waals surface area (Å²) >= 11 is 0. The average molecular weight is 427 g/mol. The summed E-state index contributed by atoms with van der Waals surface area (Å²) in [5.74, 6) is 0. The third kappa shape index (κ3) is 8.40. The third-order valence-electron chi connectivity index (χ3n) is 4.46. The number of fused-ring (bicyclic) bond motifs is 3. The molecule has 0 radical (unpaired) electrons. The van der Waals surface area contributed by atoms with Gasteiger partial charge in [-0.3, -0.25) is 0 Å². The van der Waals surface area contributed by atoms with Gasteiger partial charge in [-0.1, -0.05) is 86.1 Å². The van der Waals surface area contributed by atoms with Gasteiger partial charge < -0.3 is 20.6 Å². The molecule has 0 atom stereocenters. The molecule has 29 heavy (non-hydrogen) atoms. The fraction of sp³-hybridized carbons (Fsp3) is 0.481. The predicted molar refractivity (Wildman–Crippen MR) is 128 cm³/mol. The van der Waals surface area contributed by atoms with E-state index in [1.54, 1.807) is 0 Å². The van der Waals surface area contributed by atoms with Crippen molar-refractivity contribution in [1.82, 2.24) is 0 Å². The Balaban J connectivity index is 0. The van der Waals surface area contributed by atoms with Crippen LogP contribution >= 0.6 is 0 Å². The molecular formula is C27H41NTi. The van der Waals surface area contributed by atoms with Gasteiger partial charge in [-0.05, 0) is 28.4 Å². The minimum atomic E-state index is -0.250. The molecule has 0 amide bonds. The molecule has 3 rings (SSSR count). The molecule has 158 valence electrons. The second kappa shape index (κ2) is 10.4. The minimum absolute atomic E-state index is 0. The van der Waals surface area contributed by atoms with Crippen LogP contribution in [-0.4, -0.2) is 5.54 Å². The van der Waals surface area contributed by atoms with Crippen LogP contribution < -0.4 is 0 Å². The summed E-state index contributed by atoms with van der Waals surface area (Å²) in [4.78, 5) is 0. The van der Waals surface area contributed by atoms with Crippen molar-refractivity contribution in [2.45, 2.75) is 85.1 Å². The molecule has 1 aliphatic rings. The van der Waals surface area contributed by atoms with E-state index in [0.29, 0.717) is 0 Å². The normalized spacial score (nSPS) is 12.2. The standard InChI is InChI=1S/C21H25.C4H10N.2CH3.Ti/c1-20(2,3)16-7-9-18-14(12-16)11-15-13-17(21(4,5)6)8-10-19(15)18;1-4(2,3)5;;;/h7-10,12H,11H2,1-6H3;5H,1-3H3;2*1H3;/q4*-1;+4. The largest absolute Gasteiger partial charge is 4.00 e. The van der Waals surface area contributed by atoms with E-state index in [9.17, 15) is 0 Å². The van der Waals surface area contributed by atoms with Crippen LogP contribution in [0, 0.1) is 20.9 Å². The Kier molecular flexibility index (Phi) is 10.9. The van der Waals surface area contributed by atoms with Gasteiger partial charge >= 0.3 is 21.7 Å². The zero-order chi connectivity index (χ0) is 19.9. The van der Waals surface area contributed by atoms with Gasteiger partial charge in [0.15, 0.2) is 0 Å². The number of rotatable bonds is 0. The van der Waals surface area contributed by atoms with E-state index in [0.717, 1.165) is 6.42 Å². The monoisotopic (exact) mass is 427 g/mol. The molecule has 1 N–H and O–H groups in total. The van der Waals surface area contributed by atoms with Gasteiger partial charge in [0, 0.05) is 0 Å². The summed E-state index contributed by atoms with van der Waals surface area (Å²) in [5, 5.41) is 0. The molecule has 1 nitrogen and oxygen atoms in total. The smallest absolute Gasteiger partial charge is 0.673 e. The van der Waals surface area contributed by atoms with Crippen molar-refractivity contribution in [1.29, 1.82) is 0 Å². The number of benzene rings is 2. The Morgan fingerprint density at radius 2 is 1.24 bits per heavy atom. The van der Waals surface area contributed by atoms with Gasteiger partial charge in [0.2, 0.25) is 0 Å². The van der Waals surface area contributed by atoms with E-state index < -0.39 is 0 Å². The SMILES string of the molecule is CC(C)(C)[NH-].CC(C)(C)c1[c-]c2c(cc1)-c1ccc(C(C)(C)C)cc1C2.[CH3-].[CH3-].[Ti+4]. The van der Waals surface area contributed by atoms with Crippen LogP contribution in [0.1, 0.15) is 84.6 Å². The second-order valence-electron chi connectivity index (χ2n) is 10.6. The zero-order valence-electron chi connectivity index (χ0n) is 20.6. The molecule has 2 aromatic carbocycles. The molecule has 0 aliphatic heterocycles. The summed E-state index contributed by atoms with van der Waals surface area (Å²) in [6, 6.07) is 15.2. The maximum Gasteiger partial charge on any atom is 4.00 e. The molecular weight excluding hydrogens is 386 g/mol. The first-order valence-corrected chi connectivity index (χ1v) is 9.61. The fourth-order valence-corrected chi connectivity index (χ4v) is 3.03. The maximum atomic E-state index is 6.94. The van der Waals surface area contributed by atoms with Crippen LogP contribution in [0.2, 0.25) is 0 Å². The van der Waals surface area contributed by atoms with Crippen LogP contribution in [0.3, 0.4) is 0 Å². The average Bonchev–Trinajstić information content (AvgIpc) is 2.80. The number of hydrogen-bond acceptors (Lipinski definition) is 0. The zero-order valence-corrected chi connectivity index (χ0v) is 22.2. The Labute approximate surface area is 196 Å². The van der Waals surface area contributed by atoms with Crippen molar-refractivity contribution in [3.05, 3.63) is 79.2 Å². The Morgan fingerprint density at radius 1 is 0.759 bits per heavy atom. The summed E-state index contributed by atoms with van der Waals surface area (Å²) in [5.41, 5.74) is 15.4. The van der Waals surface area contributed by atoms with Crippen LogP contribution in [0.15, 0.2) is 30.3 Å². The summed E-state index contributed by atoms with van der Waals surface area (Å²) in [6.07, 6.45) is 1.03. The van der Waals surface area contributed by atoms with Gasteiger partial charge in [-0.15, -0.1) is 16.7 Å². The molecule has 0 spiro atoms. The molecule has 2 aromatic rings. The Bertz CT molecular complexity index is 716. The molecule has 0 saturated carbocycles. The van der Waals surface area contributed by atoms with E-state index in [2.05, 4.69) is 77.9 Å². The predicted octanol–water partition coefficient (Wildman–Crippen LogP) is 8.39. The molecule has 0 aromatic heterocycles.